The third-order valence-electron chi connectivity index (χ3n) is 3.61. The smallest absolute Gasteiger partial charge is 0.137 e. The summed E-state index contributed by atoms with van der Waals surface area (Å²) >= 11 is 3.20. The minimum absolute atomic E-state index is 0.0174. The van der Waals surface area contributed by atoms with Gasteiger partial charge >= 0.3 is 0 Å². The molecule has 2 N–H and O–H groups in total. The van der Waals surface area contributed by atoms with Gasteiger partial charge in [0.1, 0.15) is 17.7 Å². The molecule has 0 spiro atoms. The number of fused-ring (bicyclic) bond motifs is 1. The lowest BCUT2D eigenvalue weighted by Crippen LogP contribution is -2.39. The topological polar surface area (TPSA) is 35.2 Å². The monoisotopic (exact) mass is 335 g/mol. The Labute approximate surface area is 125 Å². The van der Waals surface area contributed by atoms with Crippen LogP contribution in [0.15, 0.2) is 46.9 Å². The Morgan fingerprint density at radius 1 is 1.30 bits per heavy atom. The lowest BCUT2D eigenvalue weighted by molar-refractivity contribution is 0.198. The molecular weight excluding hydrogens is 321 g/mol. The number of para-hydroxylation sites is 1. The molecular formula is C16H15BrFNO. The van der Waals surface area contributed by atoms with Crippen LogP contribution in [-0.2, 0) is 12.8 Å². The number of rotatable bonds is 3. The van der Waals surface area contributed by atoms with E-state index in [2.05, 4.69) is 22.0 Å². The average molecular weight is 336 g/mol. The summed E-state index contributed by atoms with van der Waals surface area (Å²) in [5.41, 5.74) is 8.45. The van der Waals surface area contributed by atoms with Crippen LogP contribution in [0.3, 0.4) is 0 Å². The van der Waals surface area contributed by atoms with E-state index in [1.54, 1.807) is 12.1 Å². The van der Waals surface area contributed by atoms with Crippen LogP contribution in [-0.4, -0.2) is 12.1 Å². The fourth-order valence-corrected chi connectivity index (χ4v) is 2.94. The molecule has 20 heavy (non-hydrogen) atoms. The molecule has 0 bridgehead atoms. The highest BCUT2D eigenvalue weighted by Gasteiger charge is 2.27. The van der Waals surface area contributed by atoms with Crippen molar-refractivity contribution in [3.63, 3.8) is 0 Å². The summed E-state index contributed by atoms with van der Waals surface area (Å²) in [6.45, 7) is 0. The van der Waals surface area contributed by atoms with Gasteiger partial charge in [0.15, 0.2) is 0 Å². The van der Waals surface area contributed by atoms with E-state index in [9.17, 15) is 4.39 Å². The molecule has 0 amide bonds. The van der Waals surface area contributed by atoms with Crippen molar-refractivity contribution < 1.29 is 9.13 Å². The van der Waals surface area contributed by atoms with Gasteiger partial charge in [-0.2, -0.15) is 0 Å². The maximum Gasteiger partial charge on any atom is 0.137 e. The summed E-state index contributed by atoms with van der Waals surface area (Å²) in [6, 6.07) is 12.9. The number of nitrogens with two attached hydrogens (primary N) is 1. The zero-order valence-corrected chi connectivity index (χ0v) is 12.4. The molecule has 0 saturated carbocycles. The first-order chi connectivity index (χ1) is 9.63. The first-order valence-electron chi connectivity index (χ1n) is 6.57. The second kappa shape index (κ2) is 5.54. The molecule has 0 aliphatic carbocycles. The lowest BCUT2D eigenvalue weighted by atomic mass is 9.99. The Balaban J connectivity index is 1.69. The van der Waals surface area contributed by atoms with E-state index in [-0.39, 0.29) is 18.0 Å². The van der Waals surface area contributed by atoms with Gasteiger partial charge in [0.2, 0.25) is 0 Å². The Hall–Kier alpha value is -1.39. The summed E-state index contributed by atoms with van der Waals surface area (Å²) in [4.78, 5) is 0. The fourth-order valence-electron chi connectivity index (χ4n) is 2.52. The first kappa shape index (κ1) is 13.6. The van der Waals surface area contributed by atoms with Crippen molar-refractivity contribution in [3.8, 4) is 5.75 Å². The quantitative estimate of drug-likeness (QED) is 0.932. The second-order valence-corrected chi connectivity index (χ2v) is 5.94. The maximum atomic E-state index is 13.2. The van der Waals surface area contributed by atoms with Gasteiger partial charge in [0.25, 0.3) is 0 Å². The van der Waals surface area contributed by atoms with Crippen LogP contribution in [0.25, 0.3) is 0 Å². The lowest BCUT2D eigenvalue weighted by Gasteiger charge is -2.19. The normalized spacial score (nSPS) is 18.4. The Kier molecular flexibility index (Phi) is 3.76. The van der Waals surface area contributed by atoms with Crippen molar-refractivity contribution in [2.24, 2.45) is 5.73 Å². The molecule has 1 aliphatic rings. The SMILES string of the molecule is NC(Cc1ccc(F)c(Br)c1)C1Cc2ccccc2O1. The highest BCUT2D eigenvalue weighted by molar-refractivity contribution is 9.10. The fraction of sp³-hybridized carbons (Fsp3) is 0.250. The summed E-state index contributed by atoms with van der Waals surface area (Å²) < 4.78 is 19.6. The van der Waals surface area contributed by atoms with Gasteiger partial charge in [0.05, 0.1) is 4.47 Å². The molecule has 0 fully saturated rings. The molecule has 0 saturated heterocycles. The van der Waals surface area contributed by atoms with Crippen molar-refractivity contribution in [1.29, 1.82) is 0 Å². The van der Waals surface area contributed by atoms with E-state index < -0.39 is 0 Å². The minimum Gasteiger partial charge on any atom is -0.488 e. The molecule has 0 radical (unpaired) electrons. The van der Waals surface area contributed by atoms with Gasteiger partial charge in [-0.15, -0.1) is 0 Å². The number of halogens is 2. The molecule has 2 unspecified atom stereocenters. The van der Waals surface area contributed by atoms with Crippen LogP contribution in [0.1, 0.15) is 11.1 Å². The molecule has 1 heterocycles. The summed E-state index contributed by atoms with van der Waals surface area (Å²) in [5, 5.41) is 0. The second-order valence-electron chi connectivity index (χ2n) is 5.08. The van der Waals surface area contributed by atoms with E-state index in [1.807, 2.05) is 18.2 Å². The van der Waals surface area contributed by atoms with Gasteiger partial charge in [-0.3, -0.25) is 0 Å². The van der Waals surface area contributed by atoms with Crippen LogP contribution in [0, 0.1) is 5.82 Å². The molecule has 104 valence electrons. The van der Waals surface area contributed by atoms with Crippen molar-refractivity contribution in [1.82, 2.24) is 0 Å². The van der Waals surface area contributed by atoms with E-state index in [0.29, 0.717) is 10.9 Å². The largest absolute Gasteiger partial charge is 0.488 e. The molecule has 2 nitrogen and oxygen atoms in total. The molecule has 2 aromatic carbocycles. The van der Waals surface area contributed by atoms with E-state index in [4.69, 9.17) is 10.5 Å². The summed E-state index contributed by atoms with van der Waals surface area (Å²) in [7, 11) is 0. The van der Waals surface area contributed by atoms with Crippen molar-refractivity contribution in [2.75, 3.05) is 0 Å². The van der Waals surface area contributed by atoms with Crippen molar-refractivity contribution in [3.05, 3.63) is 63.9 Å². The van der Waals surface area contributed by atoms with Crippen molar-refractivity contribution >= 4 is 15.9 Å². The number of hydrogen-bond acceptors (Lipinski definition) is 2. The molecule has 3 rings (SSSR count). The molecule has 1 aliphatic heterocycles. The minimum atomic E-state index is -0.258. The zero-order chi connectivity index (χ0) is 14.1. The average Bonchev–Trinajstić information content (AvgIpc) is 2.87. The van der Waals surface area contributed by atoms with Crippen LogP contribution >= 0.6 is 15.9 Å². The van der Waals surface area contributed by atoms with E-state index in [1.165, 1.54) is 11.6 Å². The Morgan fingerprint density at radius 3 is 2.85 bits per heavy atom. The van der Waals surface area contributed by atoms with E-state index >= 15 is 0 Å². The van der Waals surface area contributed by atoms with Gasteiger partial charge in [-0.25, -0.2) is 4.39 Å². The highest BCUT2D eigenvalue weighted by Crippen LogP contribution is 2.30. The molecule has 4 heteroatoms. The Morgan fingerprint density at radius 2 is 2.10 bits per heavy atom. The summed E-state index contributed by atoms with van der Waals surface area (Å²) in [6.07, 6.45) is 1.48. The number of benzene rings is 2. The Bertz CT molecular complexity index is 607. The molecule has 2 aromatic rings. The predicted octanol–water partition coefficient (Wildman–Crippen LogP) is 3.46. The number of hydrogen-bond donors (Lipinski definition) is 1. The third-order valence-corrected chi connectivity index (χ3v) is 4.21. The van der Waals surface area contributed by atoms with E-state index in [0.717, 1.165) is 17.7 Å². The van der Waals surface area contributed by atoms with Crippen LogP contribution in [0.4, 0.5) is 4.39 Å². The maximum absolute atomic E-state index is 13.2. The predicted molar refractivity (Wildman–Crippen MR) is 80.3 cm³/mol. The third kappa shape index (κ3) is 2.72. The number of ether oxygens (including phenoxy) is 1. The first-order valence-corrected chi connectivity index (χ1v) is 7.37. The van der Waals surface area contributed by atoms with Gasteiger partial charge < -0.3 is 10.5 Å². The highest BCUT2D eigenvalue weighted by atomic mass is 79.9. The molecule has 2 atom stereocenters. The summed E-state index contributed by atoms with van der Waals surface area (Å²) in [5.74, 6) is 0.667. The van der Waals surface area contributed by atoms with Crippen LogP contribution < -0.4 is 10.5 Å². The van der Waals surface area contributed by atoms with Gasteiger partial charge in [-0.05, 0) is 51.7 Å². The van der Waals surface area contributed by atoms with Crippen LogP contribution in [0.2, 0.25) is 0 Å². The van der Waals surface area contributed by atoms with Gasteiger partial charge in [-0.1, -0.05) is 24.3 Å². The van der Waals surface area contributed by atoms with Crippen LogP contribution in [0.5, 0.6) is 5.75 Å². The molecule has 0 aromatic heterocycles. The van der Waals surface area contributed by atoms with Gasteiger partial charge in [0, 0.05) is 12.5 Å². The van der Waals surface area contributed by atoms with Crippen molar-refractivity contribution in [2.45, 2.75) is 25.0 Å². The zero-order valence-electron chi connectivity index (χ0n) is 10.9. The standard InChI is InChI=1S/C16H15BrFNO/c17-12-7-10(5-6-13(12)18)8-14(19)16-9-11-3-1-2-4-15(11)20-16/h1-7,14,16H,8-9,19H2.